The maximum Gasteiger partial charge on any atom is 0 e. The van der Waals surface area contributed by atoms with Gasteiger partial charge in [0, 0.05) is 68.9 Å². The average Bonchev–Trinajstić information content (AvgIpc) is 1.76. The van der Waals surface area contributed by atoms with Crippen LogP contribution in [0.25, 0.3) is 0 Å². The molecule has 1 aliphatic rings. The minimum Gasteiger partial charge on any atom is -0.0808 e. The summed E-state index contributed by atoms with van der Waals surface area (Å²) in [4.78, 5) is 0. The van der Waals surface area contributed by atoms with E-state index in [0.717, 1.165) is 6.42 Å². The van der Waals surface area contributed by atoms with Crippen LogP contribution in [0.1, 0.15) is 6.42 Å². The predicted octanol–water partition coefficient (Wildman–Crippen LogP) is 1.12. The van der Waals surface area contributed by atoms with Gasteiger partial charge in [-0.25, -0.2) is 0 Å². The van der Waals surface area contributed by atoms with E-state index in [1.54, 1.807) is 0 Å². The molecular formula is C5H6Cs. The molecule has 0 N–H and O–H groups in total. The summed E-state index contributed by atoms with van der Waals surface area (Å²) < 4.78 is 0. The van der Waals surface area contributed by atoms with Crippen molar-refractivity contribution in [2.45, 2.75) is 6.42 Å². The van der Waals surface area contributed by atoms with Crippen LogP contribution in [0.3, 0.4) is 0 Å². The molecule has 1 aliphatic carbocycles. The maximum atomic E-state index is 2.12. The molecule has 0 unspecified atom stereocenters. The van der Waals surface area contributed by atoms with Crippen molar-refractivity contribution in [3.63, 3.8) is 0 Å². The summed E-state index contributed by atoms with van der Waals surface area (Å²) in [6.45, 7) is 0. The van der Waals surface area contributed by atoms with Crippen molar-refractivity contribution in [2.24, 2.45) is 0 Å². The molecular weight excluding hydrogens is 193 g/mol. The fraction of sp³-hybridized carbons (Fsp3) is 0.200. The number of allylic oxidation sites excluding steroid dienone is 4. The van der Waals surface area contributed by atoms with Crippen LogP contribution >= 0.6 is 0 Å². The Morgan fingerprint density at radius 1 is 1.00 bits per heavy atom. The largest absolute Gasteiger partial charge is 0.0808 e. The second kappa shape index (κ2) is 4.69. The van der Waals surface area contributed by atoms with Gasteiger partial charge in [0.05, 0.1) is 0 Å². The molecule has 0 aromatic heterocycles. The van der Waals surface area contributed by atoms with Crippen LogP contribution in [0, 0.1) is 0 Å². The third-order valence-corrected chi connectivity index (χ3v) is 0.655. The zero-order valence-corrected chi connectivity index (χ0v) is 10.3. The van der Waals surface area contributed by atoms with Crippen LogP contribution in [0.15, 0.2) is 24.3 Å². The average molecular weight is 199 g/mol. The Morgan fingerprint density at radius 3 is 1.67 bits per heavy atom. The Labute approximate surface area is 97.1 Å². The third kappa shape index (κ3) is 2.66. The quantitative estimate of drug-likeness (QED) is 0.548. The van der Waals surface area contributed by atoms with Gasteiger partial charge in [0.2, 0.25) is 0 Å². The molecule has 0 nitrogen and oxygen atoms in total. The summed E-state index contributed by atoms with van der Waals surface area (Å²) in [6.07, 6.45) is 9.50. The standard InChI is InChI=1S/C5H6.Cs/c1-2-4-5-3-1;/h1-4H,5H2;. The van der Waals surface area contributed by atoms with Gasteiger partial charge in [0.15, 0.2) is 0 Å². The molecule has 27 valence electrons. The molecule has 1 radical (unpaired) electrons. The topological polar surface area (TPSA) is 0 Å². The molecule has 0 saturated carbocycles. The van der Waals surface area contributed by atoms with Gasteiger partial charge < -0.3 is 0 Å². The molecule has 0 spiro atoms. The van der Waals surface area contributed by atoms with E-state index in [0.29, 0.717) is 0 Å². The zero-order chi connectivity index (χ0) is 3.54. The van der Waals surface area contributed by atoms with E-state index in [-0.39, 0.29) is 68.9 Å². The van der Waals surface area contributed by atoms with Gasteiger partial charge in [-0.15, -0.1) is 0 Å². The summed E-state index contributed by atoms with van der Waals surface area (Å²) in [5.74, 6) is 0. The van der Waals surface area contributed by atoms with E-state index in [9.17, 15) is 0 Å². The monoisotopic (exact) mass is 199 g/mol. The Bertz CT molecular complexity index is 62.0. The first-order chi connectivity index (χ1) is 2.50. The van der Waals surface area contributed by atoms with Gasteiger partial charge in [0.1, 0.15) is 0 Å². The van der Waals surface area contributed by atoms with E-state index in [1.165, 1.54) is 0 Å². The van der Waals surface area contributed by atoms with Gasteiger partial charge in [-0.2, -0.15) is 0 Å². The first-order valence-electron chi connectivity index (χ1n) is 1.82. The summed E-state index contributed by atoms with van der Waals surface area (Å²) in [6, 6.07) is 0. The predicted molar refractivity (Wildman–Crippen MR) is 28.7 cm³/mol. The van der Waals surface area contributed by atoms with E-state index in [4.69, 9.17) is 0 Å². The second-order valence-electron chi connectivity index (χ2n) is 1.09. The first-order valence-corrected chi connectivity index (χ1v) is 1.82. The molecule has 0 atom stereocenters. The van der Waals surface area contributed by atoms with E-state index in [2.05, 4.69) is 24.3 Å². The van der Waals surface area contributed by atoms with Crippen LogP contribution in [0.2, 0.25) is 0 Å². The molecule has 0 heterocycles. The SMILES string of the molecule is C1=CCC=C1.[Cs]. The fourth-order valence-electron chi connectivity index (χ4n) is 0.393. The zero-order valence-electron chi connectivity index (χ0n) is 4.02. The first kappa shape index (κ1) is 7.53. The Balaban J connectivity index is 0.000000250. The number of hydrogen-bond donors (Lipinski definition) is 0. The van der Waals surface area contributed by atoms with Crippen molar-refractivity contribution in [3.8, 4) is 0 Å². The van der Waals surface area contributed by atoms with Gasteiger partial charge >= 0.3 is 0 Å². The summed E-state index contributed by atoms with van der Waals surface area (Å²) in [7, 11) is 0. The molecule has 1 rings (SSSR count). The molecule has 0 bridgehead atoms. The van der Waals surface area contributed by atoms with Crippen molar-refractivity contribution in [3.05, 3.63) is 24.3 Å². The normalized spacial score (nSPS) is 14.7. The minimum absolute atomic E-state index is 0. The molecule has 0 amide bonds. The molecule has 0 saturated heterocycles. The minimum atomic E-state index is 0. The Hall–Kier alpha value is 1.53. The van der Waals surface area contributed by atoms with E-state index >= 15 is 0 Å². The molecule has 0 aromatic rings. The maximum absolute atomic E-state index is 2.12. The summed E-state index contributed by atoms with van der Waals surface area (Å²) >= 11 is 0. The van der Waals surface area contributed by atoms with E-state index in [1.807, 2.05) is 0 Å². The van der Waals surface area contributed by atoms with Gasteiger partial charge in [-0.05, 0) is 6.42 Å². The van der Waals surface area contributed by atoms with Gasteiger partial charge in [-0.3, -0.25) is 0 Å². The van der Waals surface area contributed by atoms with Crippen molar-refractivity contribution in [1.29, 1.82) is 0 Å². The Morgan fingerprint density at radius 2 is 1.50 bits per heavy atom. The van der Waals surface area contributed by atoms with Gasteiger partial charge in [-0.1, -0.05) is 24.3 Å². The summed E-state index contributed by atoms with van der Waals surface area (Å²) in [5, 5.41) is 0. The van der Waals surface area contributed by atoms with Crippen molar-refractivity contribution < 1.29 is 0 Å². The number of hydrogen-bond acceptors (Lipinski definition) is 0. The van der Waals surface area contributed by atoms with Crippen LogP contribution in [0.4, 0.5) is 0 Å². The van der Waals surface area contributed by atoms with Crippen molar-refractivity contribution >= 4 is 68.9 Å². The van der Waals surface area contributed by atoms with Crippen LogP contribution in [0.5, 0.6) is 0 Å². The van der Waals surface area contributed by atoms with Gasteiger partial charge in [0.25, 0.3) is 0 Å². The number of rotatable bonds is 0. The van der Waals surface area contributed by atoms with Crippen LogP contribution < -0.4 is 0 Å². The van der Waals surface area contributed by atoms with Crippen molar-refractivity contribution in [1.82, 2.24) is 0 Å². The fourth-order valence-corrected chi connectivity index (χ4v) is 0.393. The molecule has 0 aliphatic heterocycles. The smallest absolute Gasteiger partial charge is 0 e. The molecule has 1 heteroatoms. The second-order valence-corrected chi connectivity index (χ2v) is 1.09. The summed E-state index contributed by atoms with van der Waals surface area (Å²) in [5.41, 5.74) is 0. The van der Waals surface area contributed by atoms with Crippen molar-refractivity contribution in [2.75, 3.05) is 0 Å². The van der Waals surface area contributed by atoms with E-state index < -0.39 is 0 Å². The third-order valence-electron chi connectivity index (χ3n) is 0.655. The molecule has 0 fully saturated rings. The Kier molecular flexibility index (Phi) is 5.88. The van der Waals surface area contributed by atoms with Crippen LogP contribution in [-0.2, 0) is 0 Å². The molecule has 6 heavy (non-hydrogen) atoms. The van der Waals surface area contributed by atoms with Crippen LogP contribution in [-0.4, -0.2) is 68.9 Å². The molecule has 0 aromatic carbocycles.